The third-order valence-electron chi connectivity index (χ3n) is 3.34. The Morgan fingerprint density at radius 1 is 1.47 bits per heavy atom. The predicted molar refractivity (Wildman–Crippen MR) is 71.1 cm³/mol. The molecule has 2 rings (SSSR count). The number of nitrogens with zero attached hydrogens (tertiary/aromatic N) is 2. The second-order valence-electron chi connectivity index (χ2n) is 4.68. The van der Waals surface area contributed by atoms with Gasteiger partial charge in [0.05, 0.1) is 10.7 Å². The van der Waals surface area contributed by atoms with E-state index >= 15 is 0 Å². The highest BCUT2D eigenvalue weighted by molar-refractivity contribution is 6.33. The van der Waals surface area contributed by atoms with E-state index in [0.717, 1.165) is 31.5 Å². The van der Waals surface area contributed by atoms with E-state index in [4.69, 9.17) is 11.6 Å². The summed E-state index contributed by atoms with van der Waals surface area (Å²) in [6.45, 7) is 2.01. The zero-order chi connectivity index (χ0) is 12.4. The van der Waals surface area contributed by atoms with Gasteiger partial charge >= 0.3 is 0 Å². The molecule has 92 valence electrons. The monoisotopic (exact) mass is 252 g/mol. The number of hydrogen-bond acceptors (Lipinski definition) is 3. The van der Waals surface area contributed by atoms with E-state index < -0.39 is 0 Å². The van der Waals surface area contributed by atoms with Gasteiger partial charge in [0, 0.05) is 24.7 Å². The summed E-state index contributed by atoms with van der Waals surface area (Å²) in [5.74, 6) is 0. The van der Waals surface area contributed by atoms with Crippen molar-refractivity contribution in [2.45, 2.75) is 12.5 Å². The zero-order valence-corrected chi connectivity index (χ0v) is 10.9. The molecule has 0 radical (unpaired) electrons. The molecule has 17 heavy (non-hydrogen) atoms. The number of likely N-dealkylation sites (N-methyl/N-ethyl adjacent to an activating group) is 1. The highest BCUT2D eigenvalue weighted by Gasteiger charge is 2.25. The number of carbonyl (C=O) groups is 1. The summed E-state index contributed by atoms with van der Waals surface area (Å²) in [5, 5.41) is 0.661. The standard InChI is InChI=1S/C13H17ClN2O/c1-15(2)11-5-6-16(8-11)13-4-3-10(9-17)7-12(13)14/h3-4,7,9,11H,5-6,8H2,1-2H3. The van der Waals surface area contributed by atoms with Crippen LogP contribution in [0.1, 0.15) is 16.8 Å². The number of benzene rings is 1. The van der Waals surface area contributed by atoms with Crippen LogP contribution in [0, 0.1) is 0 Å². The largest absolute Gasteiger partial charge is 0.369 e. The van der Waals surface area contributed by atoms with Crippen LogP contribution in [0.15, 0.2) is 18.2 Å². The van der Waals surface area contributed by atoms with Crippen LogP contribution in [0.25, 0.3) is 0 Å². The van der Waals surface area contributed by atoms with Gasteiger partial charge in [0.2, 0.25) is 0 Å². The Hall–Kier alpha value is -1.06. The molecule has 1 unspecified atom stereocenters. The molecule has 1 aliphatic rings. The highest BCUT2D eigenvalue weighted by Crippen LogP contribution is 2.30. The average Bonchev–Trinajstić information content (AvgIpc) is 2.78. The Bertz CT molecular complexity index is 420. The van der Waals surface area contributed by atoms with Crippen molar-refractivity contribution in [2.24, 2.45) is 0 Å². The molecule has 0 aliphatic carbocycles. The van der Waals surface area contributed by atoms with Crippen LogP contribution in [0.3, 0.4) is 0 Å². The maximum atomic E-state index is 10.7. The maximum Gasteiger partial charge on any atom is 0.150 e. The van der Waals surface area contributed by atoms with E-state index in [-0.39, 0.29) is 0 Å². The lowest BCUT2D eigenvalue weighted by Crippen LogP contribution is -2.31. The fourth-order valence-electron chi connectivity index (χ4n) is 2.24. The Morgan fingerprint density at radius 2 is 2.24 bits per heavy atom. The van der Waals surface area contributed by atoms with Crippen molar-refractivity contribution in [3.8, 4) is 0 Å². The first-order valence-electron chi connectivity index (χ1n) is 5.78. The number of carbonyl (C=O) groups excluding carboxylic acids is 1. The van der Waals surface area contributed by atoms with E-state index in [1.807, 2.05) is 12.1 Å². The molecule has 0 saturated carbocycles. The molecular formula is C13H17ClN2O. The molecular weight excluding hydrogens is 236 g/mol. The van der Waals surface area contributed by atoms with Gasteiger partial charge in [-0.3, -0.25) is 4.79 Å². The topological polar surface area (TPSA) is 23.6 Å². The summed E-state index contributed by atoms with van der Waals surface area (Å²) >= 11 is 6.20. The van der Waals surface area contributed by atoms with Crippen molar-refractivity contribution >= 4 is 23.6 Å². The number of aldehydes is 1. The zero-order valence-electron chi connectivity index (χ0n) is 10.2. The van der Waals surface area contributed by atoms with Crippen LogP contribution in [0.2, 0.25) is 5.02 Å². The van der Waals surface area contributed by atoms with Gasteiger partial charge in [0.15, 0.2) is 0 Å². The van der Waals surface area contributed by atoms with Gasteiger partial charge in [-0.1, -0.05) is 11.6 Å². The quantitative estimate of drug-likeness (QED) is 0.772. The number of hydrogen-bond donors (Lipinski definition) is 0. The summed E-state index contributed by atoms with van der Waals surface area (Å²) in [4.78, 5) is 15.2. The Balaban J connectivity index is 2.16. The summed E-state index contributed by atoms with van der Waals surface area (Å²) in [6.07, 6.45) is 1.97. The van der Waals surface area contributed by atoms with Crippen LogP contribution in [0.5, 0.6) is 0 Å². The molecule has 1 aromatic rings. The molecule has 1 atom stereocenters. The first-order valence-corrected chi connectivity index (χ1v) is 6.15. The molecule has 3 nitrogen and oxygen atoms in total. The summed E-state index contributed by atoms with van der Waals surface area (Å²) in [7, 11) is 4.20. The number of anilines is 1. The van der Waals surface area contributed by atoms with Crippen LogP contribution in [-0.2, 0) is 0 Å². The minimum absolute atomic E-state index is 0.580. The number of halogens is 1. The molecule has 1 aromatic carbocycles. The van der Waals surface area contributed by atoms with E-state index in [1.165, 1.54) is 0 Å². The molecule has 0 bridgehead atoms. The minimum atomic E-state index is 0.580. The van der Waals surface area contributed by atoms with Gasteiger partial charge in [-0.15, -0.1) is 0 Å². The first kappa shape index (κ1) is 12.4. The van der Waals surface area contributed by atoms with Crippen LogP contribution in [0.4, 0.5) is 5.69 Å². The van der Waals surface area contributed by atoms with Gasteiger partial charge in [-0.25, -0.2) is 0 Å². The summed E-state index contributed by atoms with van der Waals surface area (Å²) in [5.41, 5.74) is 1.66. The lowest BCUT2D eigenvalue weighted by Gasteiger charge is -2.22. The average molecular weight is 253 g/mol. The van der Waals surface area contributed by atoms with Gasteiger partial charge in [0.25, 0.3) is 0 Å². The van der Waals surface area contributed by atoms with Crippen LogP contribution < -0.4 is 4.90 Å². The second kappa shape index (κ2) is 5.07. The maximum absolute atomic E-state index is 10.7. The van der Waals surface area contributed by atoms with Gasteiger partial charge in [-0.05, 0) is 38.7 Å². The smallest absolute Gasteiger partial charge is 0.150 e. The van der Waals surface area contributed by atoms with Gasteiger partial charge in [-0.2, -0.15) is 0 Å². The van der Waals surface area contributed by atoms with Crippen molar-refractivity contribution in [3.05, 3.63) is 28.8 Å². The Labute approximate surface area is 107 Å². The normalized spacial score (nSPS) is 20.0. The van der Waals surface area contributed by atoms with Crippen molar-refractivity contribution < 1.29 is 4.79 Å². The highest BCUT2D eigenvalue weighted by atomic mass is 35.5. The van der Waals surface area contributed by atoms with Crippen molar-refractivity contribution in [2.75, 3.05) is 32.1 Å². The van der Waals surface area contributed by atoms with Crippen LogP contribution in [-0.4, -0.2) is 44.4 Å². The molecule has 1 heterocycles. The predicted octanol–water partition coefficient (Wildman–Crippen LogP) is 2.29. The third kappa shape index (κ3) is 2.61. The minimum Gasteiger partial charge on any atom is -0.369 e. The molecule has 1 saturated heterocycles. The molecule has 0 N–H and O–H groups in total. The fraction of sp³-hybridized carbons (Fsp3) is 0.462. The summed E-state index contributed by atoms with van der Waals surface area (Å²) < 4.78 is 0. The molecule has 4 heteroatoms. The first-order chi connectivity index (χ1) is 8.11. The third-order valence-corrected chi connectivity index (χ3v) is 3.64. The van der Waals surface area contributed by atoms with E-state index in [1.54, 1.807) is 6.07 Å². The second-order valence-corrected chi connectivity index (χ2v) is 5.09. The van der Waals surface area contributed by atoms with Gasteiger partial charge in [0.1, 0.15) is 6.29 Å². The van der Waals surface area contributed by atoms with Gasteiger partial charge < -0.3 is 9.80 Å². The fourth-order valence-corrected chi connectivity index (χ4v) is 2.54. The van der Waals surface area contributed by atoms with Crippen molar-refractivity contribution in [1.29, 1.82) is 0 Å². The van der Waals surface area contributed by atoms with Crippen LogP contribution >= 0.6 is 11.6 Å². The van der Waals surface area contributed by atoms with Crippen molar-refractivity contribution in [1.82, 2.24) is 4.90 Å². The molecule has 0 aromatic heterocycles. The lowest BCUT2D eigenvalue weighted by atomic mass is 10.2. The van der Waals surface area contributed by atoms with E-state index in [2.05, 4.69) is 23.9 Å². The molecule has 0 spiro atoms. The number of rotatable bonds is 3. The molecule has 0 amide bonds. The SMILES string of the molecule is CN(C)C1CCN(c2ccc(C=O)cc2Cl)C1. The van der Waals surface area contributed by atoms with E-state index in [9.17, 15) is 4.79 Å². The van der Waals surface area contributed by atoms with E-state index in [0.29, 0.717) is 16.6 Å². The Kier molecular flexibility index (Phi) is 3.69. The molecule has 1 aliphatic heterocycles. The summed E-state index contributed by atoms with van der Waals surface area (Å²) in [6, 6.07) is 6.06. The van der Waals surface area contributed by atoms with Crippen molar-refractivity contribution in [3.63, 3.8) is 0 Å². The lowest BCUT2D eigenvalue weighted by molar-refractivity contribution is 0.112. The molecule has 1 fully saturated rings. The Morgan fingerprint density at radius 3 is 2.76 bits per heavy atom.